The van der Waals surface area contributed by atoms with Crippen LogP contribution in [-0.2, 0) is 9.53 Å². The molecule has 0 unspecified atom stereocenters. The van der Waals surface area contributed by atoms with E-state index >= 15 is 0 Å². The number of esters is 1. The molecule has 0 bridgehead atoms. The summed E-state index contributed by atoms with van der Waals surface area (Å²) in [5, 5.41) is 5.33. The molecule has 6 nitrogen and oxygen atoms in total. The SMILES string of the molecule is CCCOc1ccc([C@@H]2NC(=O)NC(C)=C2C(=O)OC)cc1. The van der Waals surface area contributed by atoms with Gasteiger partial charge in [0.2, 0.25) is 0 Å². The summed E-state index contributed by atoms with van der Waals surface area (Å²) in [6.07, 6.45) is 0.931. The fourth-order valence-electron chi connectivity index (χ4n) is 2.30. The number of methoxy groups -OCH3 is 1. The number of urea groups is 1. The Balaban J connectivity index is 2.29. The van der Waals surface area contributed by atoms with Crippen molar-refractivity contribution in [2.45, 2.75) is 26.3 Å². The van der Waals surface area contributed by atoms with Crippen molar-refractivity contribution in [3.8, 4) is 5.75 Å². The van der Waals surface area contributed by atoms with E-state index < -0.39 is 12.0 Å². The van der Waals surface area contributed by atoms with E-state index in [1.807, 2.05) is 31.2 Å². The smallest absolute Gasteiger partial charge is 0.337 e. The van der Waals surface area contributed by atoms with E-state index in [2.05, 4.69) is 10.6 Å². The van der Waals surface area contributed by atoms with Crippen LogP contribution in [0.25, 0.3) is 0 Å². The topological polar surface area (TPSA) is 76.7 Å². The molecular weight excluding hydrogens is 284 g/mol. The highest BCUT2D eigenvalue weighted by molar-refractivity contribution is 5.94. The largest absolute Gasteiger partial charge is 0.494 e. The van der Waals surface area contributed by atoms with E-state index in [1.165, 1.54) is 7.11 Å². The van der Waals surface area contributed by atoms with Crippen LogP contribution in [0.5, 0.6) is 5.75 Å². The number of benzene rings is 1. The summed E-state index contributed by atoms with van der Waals surface area (Å²) >= 11 is 0. The molecule has 1 aliphatic heterocycles. The maximum absolute atomic E-state index is 12.0. The summed E-state index contributed by atoms with van der Waals surface area (Å²) in [6, 6.07) is 6.42. The van der Waals surface area contributed by atoms with Crippen molar-refractivity contribution in [1.82, 2.24) is 10.6 Å². The van der Waals surface area contributed by atoms with Gasteiger partial charge in [0.05, 0.1) is 25.3 Å². The van der Waals surface area contributed by atoms with Gasteiger partial charge in [-0.1, -0.05) is 19.1 Å². The fourth-order valence-corrected chi connectivity index (χ4v) is 2.30. The number of allylic oxidation sites excluding steroid dienone is 1. The Kier molecular flexibility index (Phi) is 5.04. The number of carbonyl (C=O) groups excluding carboxylic acids is 2. The lowest BCUT2D eigenvalue weighted by atomic mass is 9.95. The molecule has 0 fully saturated rings. The van der Waals surface area contributed by atoms with Gasteiger partial charge in [-0.05, 0) is 31.0 Å². The van der Waals surface area contributed by atoms with E-state index in [4.69, 9.17) is 9.47 Å². The van der Waals surface area contributed by atoms with Crippen LogP contribution in [0.3, 0.4) is 0 Å². The number of carbonyl (C=O) groups is 2. The summed E-state index contributed by atoms with van der Waals surface area (Å²) in [4.78, 5) is 23.7. The van der Waals surface area contributed by atoms with Crippen molar-refractivity contribution >= 4 is 12.0 Å². The van der Waals surface area contributed by atoms with Gasteiger partial charge in [0, 0.05) is 5.70 Å². The van der Waals surface area contributed by atoms with Crippen LogP contribution in [0.4, 0.5) is 4.79 Å². The summed E-state index contributed by atoms with van der Waals surface area (Å²) in [5.41, 5.74) is 1.68. The van der Waals surface area contributed by atoms with E-state index in [1.54, 1.807) is 6.92 Å². The van der Waals surface area contributed by atoms with Crippen molar-refractivity contribution in [1.29, 1.82) is 0 Å². The summed E-state index contributed by atoms with van der Waals surface area (Å²) in [7, 11) is 1.32. The average Bonchev–Trinajstić information content (AvgIpc) is 2.52. The highest BCUT2D eigenvalue weighted by Crippen LogP contribution is 2.28. The predicted octanol–water partition coefficient (Wildman–Crippen LogP) is 2.28. The van der Waals surface area contributed by atoms with Crippen molar-refractivity contribution in [2.24, 2.45) is 0 Å². The molecule has 6 heteroatoms. The molecule has 1 heterocycles. The maximum atomic E-state index is 12.0. The van der Waals surface area contributed by atoms with E-state index in [0.717, 1.165) is 17.7 Å². The molecule has 0 spiro atoms. The first-order chi connectivity index (χ1) is 10.6. The zero-order valence-electron chi connectivity index (χ0n) is 12.9. The third kappa shape index (κ3) is 3.39. The minimum absolute atomic E-state index is 0.346. The quantitative estimate of drug-likeness (QED) is 0.818. The predicted molar refractivity (Wildman–Crippen MR) is 81.4 cm³/mol. The summed E-state index contributed by atoms with van der Waals surface area (Å²) in [6.45, 7) is 4.36. The Morgan fingerprint density at radius 1 is 1.27 bits per heavy atom. The van der Waals surface area contributed by atoms with Crippen LogP contribution in [0.1, 0.15) is 31.9 Å². The van der Waals surface area contributed by atoms with Crippen molar-refractivity contribution < 1.29 is 19.1 Å². The number of hydrogen-bond acceptors (Lipinski definition) is 4. The molecule has 1 aromatic rings. The Hall–Kier alpha value is -2.50. The van der Waals surface area contributed by atoms with Crippen molar-refractivity contribution in [2.75, 3.05) is 13.7 Å². The number of nitrogens with one attached hydrogen (secondary N) is 2. The lowest BCUT2D eigenvalue weighted by Crippen LogP contribution is -2.45. The second kappa shape index (κ2) is 6.98. The molecule has 22 heavy (non-hydrogen) atoms. The molecule has 0 saturated heterocycles. The first-order valence-electron chi connectivity index (χ1n) is 7.16. The molecule has 0 radical (unpaired) electrons. The van der Waals surface area contributed by atoms with Gasteiger partial charge in [-0.3, -0.25) is 0 Å². The molecular formula is C16H20N2O4. The van der Waals surface area contributed by atoms with Gasteiger partial charge in [-0.15, -0.1) is 0 Å². The second-order valence-corrected chi connectivity index (χ2v) is 4.98. The lowest BCUT2D eigenvalue weighted by molar-refractivity contribution is -0.136. The molecule has 1 aliphatic rings. The third-order valence-electron chi connectivity index (χ3n) is 3.36. The minimum atomic E-state index is -0.540. The third-order valence-corrected chi connectivity index (χ3v) is 3.36. The van der Waals surface area contributed by atoms with Crippen LogP contribution >= 0.6 is 0 Å². The molecule has 1 aromatic carbocycles. The van der Waals surface area contributed by atoms with Gasteiger partial charge >= 0.3 is 12.0 Å². The fraction of sp³-hybridized carbons (Fsp3) is 0.375. The molecule has 0 saturated carbocycles. The van der Waals surface area contributed by atoms with Gasteiger partial charge in [0.1, 0.15) is 5.75 Å². The number of amides is 2. The van der Waals surface area contributed by atoms with Crippen LogP contribution in [0.2, 0.25) is 0 Å². The van der Waals surface area contributed by atoms with Crippen LogP contribution in [-0.4, -0.2) is 25.7 Å². The van der Waals surface area contributed by atoms with Crippen LogP contribution in [0.15, 0.2) is 35.5 Å². The Labute approximate surface area is 129 Å². The Bertz CT molecular complexity index is 593. The Morgan fingerprint density at radius 3 is 2.55 bits per heavy atom. The first kappa shape index (κ1) is 15.9. The maximum Gasteiger partial charge on any atom is 0.337 e. The summed E-state index contributed by atoms with van der Waals surface area (Å²) < 4.78 is 10.3. The van der Waals surface area contributed by atoms with Gasteiger partial charge in [-0.25, -0.2) is 9.59 Å². The summed E-state index contributed by atoms with van der Waals surface area (Å²) in [5.74, 6) is 0.285. The minimum Gasteiger partial charge on any atom is -0.494 e. The number of hydrogen-bond donors (Lipinski definition) is 2. The zero-order chi connectivity index (χ0) is 16.1. The highest BCUT2D eigenvalue weighted by atomic mass is 16.5. The molecule has 2 amide bonds. The van der Waals surface area contributed by atoms with E-state index in [0.29, 0.717) is 17.9 Å². The highest BCUT2D eigenvalue weighted by Gasteiger charge is 2.31. The van der Waals surface area contributed by atoms with Gasteiger partial charge in [0.15, 0.2) is 0 Å². The normalized spacial score (nSPS) is 17.6. The molecule has 118 valence electrons. The standard InChI is InChI=1S/C16H20N2O4/c1-4-9-22-12-7-5-11(6-8-12)14-13(15(19)21-3)10(2)17-16(20)18-14/h5-8,14H,4,9H2,1-3H3,(H2,17,18,20)/t14-/m0/s1. The molecule has 1 atom stereocenters. The first-order valence-corrected chi connectivity index (χ1v) is 7.16. The zero-order valence-corrected chi connectivity index (χ0v) is 12.9. The van der Waals surface area contributed by atoms with Crippen molar-refractivity contribution in [3.05, 3.63) is 41.1 Å². The monoisotopic (exact) mass is 304 g/mol. The molecule has 0 aliphatic carbocycles. The van der Waals surface area contributed by atoms with E-state index in [-0.39, 0.29) is 6.03 Å². The molecule has 0 aromatic heterocycles. The average molecular weight is 304 g/mol. The van der Waals surface area contributed by atoms with Gasteiger partial charge in [-0.2, -0.15) is 0 Å². The Morgan fingerprint density at radius 2 is 1.95 bits per heavy atom. The second-order valence-electron chi connectivity index (χ2n) is 4.98. The number of rotatable bonds is 5. The van der Waals surface area contributed by atoms with Crippen molar-refractivity contribution in [3.63, 3.8) is 0 Å². The number of ether oxygens (including phenoxy) is 2. The van der Waals surface area contributed by atoms with Crippen LogP contribution < -0.4 is 15.4 Å². The van der Waals surface area contributed by atoms with E-state index in [9.17, 15) is 9.59 Å². The van der Waals surface area contributed by atoms with Gasteiger partial charge < -0.3 is 20.1 Å². The van der Waals surface area contributed by atoms with Crippen LogP contribution in [0, 0.1) is 0 Å². The van der Waals surface area contributed by atoms with Gasteiger partial charge in [0.25, 0.3) is 0 Å². The molecule has 2 N–H and O–H groups in total. The molecule has 2 rings (SSSR count). The lowest BCUT2D eigenvalue weighted by Gasteiger charge is -2.27.